The Bertz CT molecular complexity index is 877. The highest BCUT2D eigenvalue weighted by Crippen LogP contribution is 2.34. The molecule has 1 saturated heterocycles. The molecule has 3 rings (SSSR count). The van der Waals surface area contributed by atoms with Gasteiger partial charge in [-0.3, -0.25) is 9.69 Å². The number of nitrogens with zero attached hydrogens (tertiary/aromatic N) is 1. The van der Waals surface area contributed by atoms with E-state index in [-0.39, 0.29) is 23.9 Å². The van der Waals surface area contributed by atoms with Crippen molar-refractivity contribution in [2.45, 2.75) is 12.5 Å². The Labute approximate surface area is 159 Å². The number of carbonyl (C=O) groups excluding carboxylic acids is 2. The molecule has 3 amide bonds. The zero-order valence-corrected chi connectivity index (χ0v) is 15.3. The number of halogens is 3. The molecule has 1 aliphatic heterocycles. The van der Waals surface area contributed by atoms with Crippen molar-refractivity contribution in [3.63, 3.8) is 0 Å². The Hall–Kier alpha value is -2.31. The van der Waals surface area contributed by atoms with E-state index in [1.54, 1.807) is 31.2 Å². The van der Waals surface area contributed by atoms with Crippen molar-refractivity contribution in [3.8, 4) is 5.75 Å². The molecule has 1 heterocycles. The molecule has 5 nitrogen and oxygen atoms in total. The fourth-order valence-corrected chi connectivity index (χ4v) is 3.38. The Morgan fingerprint density at radius 1 is 1.19 bits per heavy atom. The molecule has 2 aromatic rings. The van der Waals surface area contributed by atoms with Crippen LogP contribution in [0, 0.1) is 5.82 Å². The zero-order valence-electron chi connectivity index (χ0n) is 13.8. The standard InChI is InChI=1S/C18H15Cl2FN2O3/c1-18(12-7-6-11(19)10-13(12)20)16(24)23(17(25)22-18)8-9-26-15-5-3-2-4-14(15)21/h2-7,10H,8-9H2,1H3,(H,22,25). The normalized spacial score (nSPS) is 19.6. The summed E-state index contributed by atoms with van der Waals surface area (Å²) in [4.78, 5) is 26.1. The predicted octanol–water partition coefficient (Wildman–Crippen LogP) is 3.98. The molecule has 8 heteroatoms. The van der Waals surface area contributed by atoms with Gasteiger partial charge in [-0.05, 0) is 31.2 Å². The third-order valence-corrected chi connectivity index (χ3v) is 4.70. The molecule has 0 bridgehead atoms. The van der Waals surface area contributed by atoms with Gasteiger partial charge in [-0.25, -0.2) is 9.18 Å². The van der Waals surface area contributed by atoms with E-state index in [4.69, 9.17) is 27.9 Å². The third-order valence-electron chi connectivity index (χ3n) is 4.15. The average molecular weight is 397 g/mol. The summed E-state index contributed by atoms with van der Waals surface area (Å²) < 4.78 is 18.9. The van der Waals surface area contributed by atoms with E-state index in [2.05, 4.69) is 5.32 Å². The SMILES string of the molecule is CC1(c2ccc(Cl)cc2Cl)NC(=O)N(CCOc2ccccc2F)C1=O. The molecule has 1 atom stereocenters. The lowest BCUT2D eigenvalue weighted by Gasteiger charge is -2.23. The number of para-hydroxylation sites is 1. The van der Waals surface area contributed by atoms with Crippen LogP contribution in [0.3, 0.4) is 0 Å². The summed E-state index contributed by atoms with van der Waals surface area (Å²) in [6.45, 7) is 1.50. The number of nitrogens with one attached hydrogen (secondary N) is 1. The minimum Gasteiger partial charge on any atom is -0.489 e. The van der Waals surface area contributed by atoms with Crippen molar-refractivity contribution in [2.75, 3.05) is 13.2 Å². The Morgan fingerprint density at radius 3 is 2.62 bits per heavy atom. The van der Waals surface area contributed by atoms with Crippen molar-refractivity contribution < 1.29 is 18.7 Å². The maximum absolute atomic E-state index is 13.6. The number of hydrogen-bond acceptors (Lipinski definition) is 3. The molecule has 0 aliphatic carbocycles. The van der Waals surface area contributed by atoms with Crippen molar-refractivity contribution in [1.29, 1.82) is 0 Å². The molecule has 1 fully saturated rings. The molecule has 0 saturated carbocycles. The van der Waals surface area contributed by atoms with Gasteiger partial charge >= 0.3 is 6.03 Å². The van der Waals surface area contributed by atoms with Crippen LogP contribution >= 0.6 is 23.2 Å². The largest absolute Gasteiger partial charge is 0.489 e. The zero-order chi connectivity index (χ0) is 18.9. The van der Waals surface area contributed by atoms with Crippen molar-refractivity contribution in [3.05, 3.63) is 63.9 Å². The van der Waals surface area contributed by atoms with Crippen LogP contribution in [-0.4, -0.2) is 30.0 Å². The van der Waals surface area contributed by atoms with E-state index < -0.39 is 23.3 Å². The summed E-state index contributed by atoms with van der Waals surface area (Å²) in [7, 11) is 0. The molecule has 0 spiro atoms. The summed E-state index contributed by atoms with van der Waals surface area (Å²) in [5, 5.41) is 3.35. The lowest BCUT2D eigenvalue weighted by molar-refractivity contribution is -0.131. The van der Waals surface area contributed by atoms with Gasteiger partial charge < -0.3 is 10.1 Å². The Kier molecular flexibility index (Phi) is 5.07. The van der Waals surface area contributed by atoms with Crippen LogP contribution in [-0.2, 0) is 10.3 Å². The van der Waals surface area contributed by atoms with Crippen LogP contribution in [0.1, 0.15) is 12.5 Å². The second-order valence-corrected chi connectivity index (χ2v) is 6.76. The Morgan fingerprint density at radius 2 is 1.92 bits per heavy atom. The predicted molar refractivity (Wildman–Crippen MR) is 96.0 cm³/mol. The summed E-state index contributed by atoms with van der Waals surface area (Å²) in [5.41, 5.74) is -0.865. The van der Waals surface area contributed by atoms with Gasteiger partial charge in [0.1, 0.15) is 12.1 Å². The lowest BCUT2D eigenvalue weighted by atomic mass is 9.92. The van der Waals surface area contributed by atoms with Gasteiger partial charge in [0.25, 0.3) is 5.91 Å². The highest BCUT2D eigenvalue weighted by molar-refractivity contribution is 6.35. The number of ether oxygens (including phenoxy) is 1. The molecule has 0 radical (unpaired) electrons. The van der Waals surface area contributed by atoms with Crippen LogP contribution in [0.4, 0.5) is 9.18 Å². The maximum Gasteiger partial charge on any atom is 0.325 e. The van der Waals surface area contributed by atoms with E-state index in [1.165, 1.54) is 18.2 Å². The van der Waals surface area contributed by atoms with E-state index in [0.717, 1.165) is 4.90 Å². The first kappa shape index (κ1) is 18.5. The quantitative estimate of drug-likeness (QED) is 0.777. The summed E-state index contributed by atoms with van der Waals surface area (Å²) in [6.07, 6.45) is 0. The highest BCUT2D eigenvalue weighted by atomic mass is 35.5. The number of benzene rings is 2. The van der Waals surface area contributed by atoms with E-state index in [0.29, 0.717) is 10.6 Å². The van der Waals surface area contributed by atoms with Crippen LogP contribution in [0.2, 0.25) is 10.0 Å². The smallest absolute Gasteiger partial charge is 0.325 e. The third kappa shape index (κ3) is 3.34. The lowest BCUT2D eigenvalue weighted by Crippen LogP contribution is -2.41. The minimum atomic E-state index is -1.31. The second kappa shape index (κ2) is 7.13. The molecule has 0 aromatic heterocycles. The van der Waals surface area contributed by atoms with E-state index in [1.807, 2.05) is 0 Å². The van der Waals surface area contributed by atoms with Gasteiger partial charge in [0.05, 0.1) is 6.54 Å². The number of amides is 3. The number of imide groups is 1. The fourth-order valence-electron chi connectivity index (χ4n) is 2.79. The van der Waals surface area contributed by atoms with Crippen molar-refractivity contribution >= 4 is 35.1 Å². The minimum absolute atomic E-state index is 0.0280. The number of urea groups is 1. The van der Waals surface area contributed by atoms with Crippen LogP contribution < -0.4 is 10.1 Å². The second-order valence-electron chi connectivity index (χ2n) is 5.91. The topological polar surface area (TPSA) is 58.6 Å². The van der Waals surface area contributed by atoms with Crippen LogP contribution in [0.25, 0.3) is 0 Å². The van der Waals surface area contributed by atoms with Gasteiger partial charge in [-0.1, -0.05) is 41.4 Å². The van der Waals surface area contributed by atoms with Gasteiger partial charge in [0, 0.05) is 15.6 Å². The molecular weight excluding hydrogens is 382 g/mol. The Balaban J connectivity index is 1.73. The van der Waals surface area contributed by atoms with Crippen molar-refractivity contribution in [2.24, 2.45) is 0 Å². The molecule has 26 heavy (non-hydrogen) atoms. The van der Waals surface area contributed by atoms with E-state index in [9.17, 15) is 14.0 Å². The summed E-state index contributed by atoms with van der Waals surface area (Å²) in [5.74, 6) is -0.922. The average Bonchev–Trinajstić information content (AvgIpc) is 2.80. The first-order valence-corrected chi connectivity index (χ1v) is 8.55. The fraction of sp³-hybridized carbons (Fsp3) is 0.222. The van der Waals surface area contributed by atoms with E-state index >= 15 is 0 Å². The molecule has 1 unspecified atom stereocenters. The van der Waals surface area contributed by atoms with Gasteiger partial charge in [-0.2, -0.15) is 0 Å². The monoisotopic (exact) mass is 396 g/mol. The van der Waals surface area contributed by atoms with Gasteiger partial charge in [0.2, 0.25) is 0 Å². The molecular formula is C18H15Cl2FN2O3. The maximum atomic E-state index is 13.6. The summed E-state index contributed by atoms with van der Waals surface area (Å²) in [6, 6.07) is 10.0. The van der Waals surface area contributed by atoms with Crippen LogP contribution in [0.15, 0.2) is 42.5 Å². The van der Waals surface area contributed by atoms with Gasteiger partial charge in [0.15, 0.2) is 11.6 Å². The molecule has 1 aliphatic rings. The van der Waals surface area contributed by atoms with Gasteiger partial charge in [-0.15, -0.1) is 0 Å². The molecule has 136 valence electrons. The summed E-state index contributed by atoms with van der Waals surface area (Å²) >= 11 is 12.1. The first-order valence-electron chi connectivity index (χ1n) is 7.80. The molecule has 1 N–H and O–H groups in total. The number of hydrogen-bond donors (Lipinski definition) is 1. The number of rotatable bonds is 5. The van der Waals surface area contributed by atoms with Crippen LogP contribution in [0.5, 0.6) is 5.75 Å². The van der Waals surface area contributed by atoms with Crippen molar-refractivity contribution in [1.82, 2.24) is 10.2 Å². The first-order chi connectivity index (χ1) is 12.3. The highest BCUT2D eigenvalue weighted by Gasteiger charge is 2.49. The molecule has 2 aromatic carbocycles. The number of carbonyl (C=O) groups is 2.